The van der Waals surface area contributed by atoms with Crippen LogP contribution in [0.4, 0.5) is 0 Å². The number of thiophene rings is 1. The van der Waals surface area contributed by atoms with E-state index in [0.29, 0.717) is 30.9 Å². The second kappa shape index (κ2) is 4.61. The molecule has 0 bridgehead atoms. The summed E-state index contributed by atoms with van der Waals surface area (Å²) < 4.78 is 5.34. The number of rotatable bonds is 3. The Morgan fingerprint density at radius 1 is 1.42 bits per heavy atom. The molecule has 2 aliphatic rings. The second-order valence-electron chi connectivity index (χ2n) is 5.06. The Morgan fingerprint density at radius 2 is 2.21 bits per heavy atom. The van der Waals surface area contributed by atoms with E-state index in [0.717, 1.165) is 18.4 Å². The molecule has 1 aromatic rings. The molecular formula is C13H15NO4S. The molecule has 1 amide bonds. The van der Waals surface area contributed by atoms with Crippen LogP contribution in [0.15, 0.2) is 6.07 Å². The molecule has 1 aliphatic carbocycles. The normalized spacial score (nSPS) is 20.2. The molecule has 1 aromatic heterocycles. The van der Waals surface area contributed by atoms with Crippen LogP contribution in [0.5, 0.6) is 0 Å². The van der Waals surface area contributed by atoms with Crippen LogP contribution < -0.4 is 5.32 Å². The molecule has 2 heterocycles. The Kier molecular flexibility index (Phi) is 3.06. The topological polar surface area (TPSA) is 75.6 Å². The van der Waals surface area contributed by atoms with Gasteiger partial charge in [0.2, 0.25) is 0 Å². The van der Waals surface area contributed by atoms with Crippen molar-refractivity contribution in [1.82, 2.24) is 5.32 Å². The van der Waals surface area contributed by atoms with E-state index in [-0.39, 0.29) is 5.91 Å². The lowest BCUT2D eigenvalue weighted by Gasteiger charge is -2.38. The van der Waals surface area contributed by atoms with Crippen LogP contribution in [0.25, 0.3) is 0 Å². The Labute approximate surface area is 114 Å². The first-order chi connectivity index (χ1) is 9.11. The summed E-state index contributed by atoms with van der Waals surface area (Å²) in [5.74, 6) is -1.21. The van der Waals surface area contributed by atoms with Crippen molar-refractivity contribution in [2.45, 2.75) is 37.8 Å². The lowest BCUT2D eigenvalue weighted by Crippen LogP contribution is -2.59. The molecule has 102 valence electrons. The molecule has 0 saturated heterocycles. The van der Waals surface area contributed by atoms with Gasteiger partial charge in [0.15, 0.2) is 0 Å². The molecular weight excluding hydrogens is 266 g/mol. The number of ether oxygens (including phenoxy) is 1. The number of fused-ring (bicyclic) bond motifs is 1. The van der Waals surface area contributed by atoms with E-state index in [1.165, 1.54) is 16.2 Å². The zero-order valence-electron chi connectivity index (χ0n) is 10.4. The number of carbonyl (C=O) groups excluding carboxylic acids is 1. The molecule has 0 radical (unpaired) electrons. The maximum absolute atomic E-state index is 12.2. The molecule has 19 heavy (non-hydrogen) atoms. The molecule has 1 fully saturated rings. The molecule has 2 N–H and O–H groups in total. The highest BCUT2D eigenvalue weighted by atomic mass is 32.1. The third-order valence-corrected chi connectivity index (χ3v) is 5.06. The summed E-state index contributed by atoms with van der Waals surface area (Å²) >= 11 is 1.45. The predicted molar refractivity (Wildman–Crippen MR) is 69.4 cm³/mol. The average molecular weight is 281 g/mol. The number of hydrogen-bond donors (Lipinski definition) is 2. The van der Waals surface area contributed by atoms with E-state index in [9.17, 15) is 14.7 Å². The average Bonchev–Trinajstić information content (AvgIpc) is 2.76. The molecule has 3 rings (SSSR count). The first kappa shape index (κ1) is 12.6. The summed E-state index contributed by atoms with van der Waals surface area (Å²) in [4.78, 5) is 25.2. The molecule has 0 atom stereocenters. The maximum atomic E-state index is 12.2. The lowest BCUT2D eigenvalue weighted by atomic mass is 9.77. The van der Waals surface area contributed by atoms with Crippen molar-refractivity contribution in [1.29, 1.82) is 0 Å². The van der Waals surface area contributed by atoms with Gasteiger partial charge in [-0.3, -0.25) is 4.79 Å². The van der Waals surface area contributed by atoms with Crippen LogP contribution >= 0.6 is 11.3 Å². The predicted octanol–water partition coefficient (Wildman–Crippen LogP) is 1.56. The SMILES string of the molecule is O=C(NC1(C(=O)O)CCC1)c1cc2c(s1)CCOC2. The van der Waals surface area contributed by atoms with Crippen LogP contribution in [0.3, 0.4) is 0 Å². The number of carboxylic acid groups (broad SMARTS) is 1. The minimum absolute atomic E-state index is 0.276. The maximum Gasteiger partial charge on any atom is 0.329 e. The smallest absolute Gasteiger partial charge is 0.329 e. The number of amides is 1. The van der Waals surface area contributed by atoms with Crippen molar-refractivity contribution in [3.63, 3.8) is 0 Å². The number of carbonyl (C=O) groups is 2. The first-order valence-corrected chi connectivity index (χ1v) is 7.18. The molecule has 0 spiro atoms. The van der Waals surface area contributed by atoms with Gasteiger partial charge in [0.1, 0.15) is 5.54 Å². The van der Waals surface area contributed by atoms with Crippen LogP contribution in [-0.4, -0.2) is 29.1 Å². The van der Waals surface area contributed by atoms with E-state index in [4.69, 9.17) is 4.74 Å². The summed E-state index contributed by atoms with van der Waals surface area (Å²) in [6.45, 7) is 1.23. The van der Waals surface area contributed by atoms with Crippen molar-refractivity contribution >= 4 is 23.2 Å². The third kappa shape index (κ3) is 2.15. The monoisotopic (exact) mass is 281 g/mol. The summed E-state index contributed by atoms with van der Waals surface area (Å²) in [5, 5.41) is 11.9. The molecule has 6 heteroatoms. The quantitative estimate of drug-likeness (QED) is 0.881. The van der Waals surface area contributed by atoms with Crippen LogP contribution in [-0.2, 0) is 22.6 Å². The zero-order valence-corrected chi connectivity index (χ0v) is 11.2. The fourth-order valence-electron chi connectivity index (χ4n) is 2.46. The minimum atomic E-state index is -1.04. The van der Waals surface area contributed by atoms with Gasteiger partial charge in [-0.15, -0.1) is 11.3 Å². The highest BCUT2D eigenvalue weighted by Crippen LogP contribution is 2.33. The lowest BCUT2D eigenvalue weighted by molar-refractivity contribution is -0.148. The van der Waals surface area contributed by atoms with Gasteiger partial charge in [-0.05, 0) is 30.9 Å². The fourth-order valence-corrected chi connectivity index (χ4v) is 3.51. The Hall–Kier alpha value is -1.40. The van der Waals surface area contributed by atoms with E-state index in [1.54, 1.807) is 0 Å². The fraction of sp³-hybridized carbons (Fsp3) is 0.538. The van der Waals surface area contributed by atoms with E-state index in [1.807, 2.05) is 6.07 Å². The summed E-state index contributed by atoms with van der Waals surface area (Å²) in [7, 11) is 0. The molecule has 0 aromatic carbocycles. The summed E-state index contributed by atoms with van der Waals surface area (Å²) in [6, 6.07) is 1.82. The zero-order chi connectivity index (χ0) is 13.5. The van der Waals surface area contributed by atoms with Gasteiger partial charge < -0.3 is 15.2 Å². The Morgan fingerprint density at radius 3 is 2.79 bits per heavy atom. The van der Waals surface area contributed by atoms with E-state index >= 15 is 0 Å². The van der Waals surface area contributed by atoms with Crippen molar-refractivity contribution in [3.8, 4) is 0 Å². The third-order valence-electron chi connectivity index (χ3n) is 3.82. The first-order valence-electron chi connectivity index (χ1n) is 6.36. The van der Waals surface area contributed by atoms with Crippen molar-refractivity contribution in [2.24, 2.45) is 0 Å². The highest BCUT2D eigenvalue weighted by molar-refractivity contribution is 7.14. The molecule has 1 aliphatic heterocycles. The molecule has 1 saturated carbocycles. The minimum Gasteiger partial charge on any atom is -0.480 e. The number of nitrogens with one attached hydrogen (secondary N) is 1. The Balaban J connectivity index is 1.77. The Bertz CT molecular complexity index is 509. The second-order valence-corrected chi connectivity index (χ2v) is 6.19. The number of aliphatic carboxylic acids is 1. The summed E-state index contributed by atoms with van der Waals surface area (Å²) in [5.41, 5.74) is 0.0114. The van der Waals surface area contributed by atoms with Crippen molar-refractivity contribution in [3.05, 3.63) is 21.4 Å². The molecule has 0 unspecified atom stereocenters. The van der Waals surface area contributed by atoms with Gasteiger partial charge in [-0.2, -0.15) is 0 Å². The van der Waals surface area contributed by atoms with Gasteiger partial charge in [0, 0.05) is 11.3 Å². The van der Waals surface area contributed by atoms with Gasteiger partial charge in [0.25, 0.3) is 5.91 Å². The van der Waals surface area contributed by atoms with Crippen molar-refractivity contribution in [2.75, 3.05) is 6.61 Å². The number of carboxylic acids is 1. The van der Waals surface area contributed by atoms with E-state index < -0.39 is 11.5 Å². The van der Waals surface area contributed by atoms with Gasteiger partial charge in [0.05, 0.1) is 18.1 Å². The van der Waals surface area contributed by atoms with Gasteiger partial charge >= 0.3 is 5.97 Å². The van der Waals surface area contributed by atoms with Crippen LogP contribution in [0.1, 0.15) is 39.4 Å². The van der Waals surface area contributed by atoms with E-state index in [2.05, 4.69) is 5.32 Å². The van der Waals surface area contributed by atoms with Crippen LogP contribution in [0, 0.1) is 0 Å². The standard InChI is InChI=1S/C13H15NO4S/c15-11(14-13(12(16)17)3-1-4-13)10-6-8-7-18-5-2-9(8)19-10/h6H,1-5,7H2,(H,14,15)(H,16,17). The van der Waals surface area contributed by atoms with Gasteiger partial charge in [-0.25, -0.2) is 4.79 Å². The van der Waals surface area contributed by atoms with Crippen LogP contribution in [0.2, 0.25) is 0 Å². The van der Waals surface area contributed by atoms with Crippen molar-refractivity contribution < 1.29 is 19.4 Å². The van der Waals surface area contributed by atoms with Gasteiger partial charge in [-0.1, -0.05) is 0 Å². The molecule has 5 nitrogen and oxygen atoms in total. The largest absolute Gasteiger partial charge is 0.480 e. The summed E-state index contributed by atoms with van der Waals surface area (Å²) in [6.07, 6.45) is 2.71. The number of hydrogen-bond acceptors (Lipinski definition) is 4. The highest BCUT2D eigenvalue weighted by Gasteiger charge is 2.46.